The first kappa shape index (κ1) is 18.8. The third-order valence-electron chi connectivity index (χ3n) is 3.00. The van der Waals surface area contributed by atoms with Gasteiger partial charge < -0.3 is 15.2 Å². The summed E-state index contributed by atoms with van der Waals surface area (Å²) in [6.45, 7) is 9.04. The average molecular weight is 315 g/mol. The molecule has 0 saturated heterocycles. The van der Waals surface area contributed by atoms with Crippen LogP contribution < -0.4 is 5.32 Å². The fraction of sp³-hybridized carbons (Fsp3) is 0.421. The minimum absolute atomic E-state index is 0.218. The lowest BCUT2D eigenvalue weighted by Gasteiger charge is -2.23. The smallest absolute Gasteiger partial charge is 0.408 e. The van der Waals surface area contributed by atoms with E-state index >= 15 is 0 Å². The van der Waals surface area contributed by atoms with Crippen molar-refractivity contribution in [1.82, 2.24) is 5.32 Å². The fourth-order valence-corrected chi connectivity index (χ4v) is 1.76. The Morgan fingerprint density at radius 2 is 2.13 bits per heavy atom. The molecule has 23 heavy (non-hydrogen) atoms. The van der Waals surface area contributed by atoms with Gasteiger partial charge in [-0.05, 0) is 57.9 Å². The van der Waals surface area contributed by atoms with Gasteiger partial charge in [-0.3, -0.25) is 0 Å². The van der Waals surface area contributed by atoms with Crippen LogP contribution in [0.5, 0.6) is 0 Å². The van der Waals surface area contributed by atoms with Gasteiger partial charge in [0.25, 0.3) is 0 Å². The van der Waals surface area contributed by atoms with Crippen LogP contribution in [0.15, 0.2) is 35.9 Å². The van der Waals surface area contributed by atoms with Crippen molar-refractivity contribution in [2.24, 2.45) is 0 Å². The highest BCUT2D eigenvalue weighted by Crippen LogP contribution is 2.16. The molecule has 0 aliphatic heterocycles. The van der Waals surface area contributed by atoms with Crippen molar-refractivity contribution in [2.45, 2.75) is 46.3 Å². The van der Waals surface area contributed by atoms with Gasteiger partial charge in [0.2, 0.25) is 0 Å². The molecule has 2 N–H and O–H groups in total. The van der Waals surface area contributed by atoms with E-state index in [0.717, 1.165) is 16.7 Å². The number of nitrogens with one attached hydrogen (secondary N) is 1. The van der Waals surface area contributed by atoms with Crippen molar-refractivity contribution in [2.75, 3.05) is 6.61 Å². The van der Waals surface area contributed by atoms with Crippen LogP contribution in [-0.4, -0.2) is 23.4 Å². The molecule has 1 amide bonds. The molecule has 1 aromatic carbocycles. The largest absolute Gasteiger partial charge is 0.444 e. The summed E-state index contributed by atoms with van der Waals surface area (Å²) in [6, 6.07) is 6.90. The van der Waals surface area contributed by atoms with Gasteiger partial charge in [0.1, 0.15) is 5.60 Å². The quantitative estimate of drug-likeness (QED) is 0.839. The van der Waals surface area contributed by atoms with E-state index in [1.807, 2.05) is 44.2 Å². The van der Waals surface area contributed by atoms with Gasteiger partial charge in [-0.2, -0.15) is 0 Å². The average Bonchev–Trinajstić information content (AvgIpc) is 2.48. The number of amides is 1. The SMILES string of the molecule is CC=C(C)C#Cc1cccc(C(CO)NC(=O)OC(C)(C)C)c1. The highest BCUT2D eigenvalue weighted by Gasteiger charge is 2.20. The number of carbonyl (C=O) groups excluding carboxylic acids is 1. The molecule has 4 nitrogen and oxygen atoms in total. The summed E-state index contributed by atoms with van der Waals surface area (Å²) in [7, 11) is 0. The van der Waals surface area contributed by atoms with E-state index in [9.17, 15) is 9.90 Å². The summed E-state index contributed by atoms with van der Waals surface area (Å²) in [6.07, 6.45) is 1.38. The predicted octanol–water partition coefficient (Wildman–Crippen LogP) is 3.56. The van der Waals surface area contributed by atoms with Crippen LogP contribution in [0.2, 0.25) is 0 Å². The lowest BCUT2D eigenvalue weighted by Crippen LogP contribution is -2.36. The number of benzene rings is 1. The van der Waals surface area contributed by atoms with Gasteiger partial charge >= 0.3 is 6.09 Å². The Bertz CT molecular complexity index is 630. The maximum absolute atomic E-state index is 11.9. The summed E-state index contributed by atoms with van der Waals surface area (Å²) in [4.78, 5) is 11.9. The monoisotopic (exact) mass is 315 g/mol. The minimum atomic E-state index is -0.582. The summed E-state index contributed by atoms with van der Waals surface area (Å²) < 4.78 is 5.22. The van der Waals surface area contributed by atoms with Crippen molar-refractivity contribution in [3.05, 3.63) is 47.0 Å². The highest BCUT2D eigenvalue weighted by atomic mass is 16.6. The van der Waals surface area contributed by atoms with E-state index in [4.69, 9.17) is 4.74 Å². The van der Waals surface area contributed by atoms with Crippen molar-refractivity contribution in [3.63, 3.8) is 0 Å². The Labute approximate surface area is 138 Å². The fourth-order valence-electron chi connectivity index (χ4n) is 1.76. The molecule has 0 aliphatic carbocycles. The van der Waals surface area contributed by atoms with Crippen LogP contribution in [0.4, 0.5) is 4.79 Å². The zero-order valence-corrected chi connectivity index (χ0v) is 14.4. The molecule has 0 aromatic heterocycles. The van der Waals surface area contributed by atoms with Gasteiger partial charge in [-0.25, -0.2) is 4.79 Å². The second-order valence-corrected chi connectivity index (χ2v) is 6.23. The van der Waals surface area contributed by atoms with Gasteiger partial charge in [0, 0.05) is 5.56 Å². The third-order valence-corrected chi connectivity index (χ3v) is 3.00. The van der Waals surface area contributed by atoms with E-state index in [1.165, 1.54) is 0 Å². The number of alkyl carbamates (subject to hydrolysis) is 1. The lowest BCUT2D eigenvalue weighted by atomic mass is 10.0. The normalized spacial score (nSPS) is 12.9. The second kappa shape index (κ2) is 8.40. The third kappa shape index (κ3) is 7.03. The number of allylic oxidation sites excluding steroid dienone is 2. The Morgan fingerprint density at radius 3 is 2.70 bits per heavy atom. The molecule has 0 spiro atoms. The first-order valence-corrected chi connectivity index (χ1v) is 7.60. The van der Waals surface area contributed by atoms with Crippen molar-refractivity contribution < 1.29 is 14.6 Å². The first-order chi connectivity index (χ1) is 10.7. The van der Waals surface area contributed by atoms with E-state index in [1.54, 1.807) is 20.8 Å². The Kier molecular flexibility index (Phi) is 6.87. The van der Waals surface area contributed by atoms with Gasteiger partial charge in [0.15, 0.2) is 0 Å². The molecule has 0 radical (unpaired) electrons. The first-order valence-electron chi connectivity index (χ1n) is 7.60. The standard InChI is InChI=1S/C19H25NO3/c1-6-14(2)10-11-15-8-7-9-16(12-15)17(13-21)20-18(22)23-19(3,4)5/h6-9,12,17,21H,13H2,1-5H3,(H,20,22). The van der Waals surface area contributed by atoms with Crippen LogP contribution in [-0.2, 0) is 4.74 Å². The minimum Gasteiger partial charge on any atom is -0.444 e. The van der Waals surface area contributed by atoms with E-state index in [0.29, 0.717) is 0 Å². The van der Waals surface area contributed by atoms with Crippen LogP contribution in [0.25, 0.3) is 0 Å². The highest BCUT2D eigenvalue weighted by molar-refractivity contribution is 5.68. The van der Waals surface area contributed by atoms with Crippen molar-refractivity contribution >= 4 is 6.09 Å². The zero-order chi connectivity index (χ0) is 17.5. The molecule has 0 heterocycles. The number of aliphatic hydroxyl groups excluding tert-OH is 1. The Morgan fingerprint density at radius 1 is 1.43 bits per heavy atom. The van der Waals surface area contributed by atoms with E-state index < -0.39 is 17.7 Å². The number of ether oxygens (including phenoxy) is 1. The van der Waals surface area contributed by atoms with Crippen LogP contribution in [0, 0.1) is 11.8 Å². The number of aliphatic hydroxyl groups is 1. The molecule has 124 valence electrons. The molecular weight excluding hydrogens is 290 g/mol. The van der Waals surface area contributed by atoms with E-state index in [2.05, 4.69) is 17.2 Å². The van der Waals surface area contributed by atoms with Crippen molar-refractivity contribution in [1.29, 1.82) is 0 Å². The number of hydrogen-bond donors (Lipinski definition) is 2. The number of hydrogen-bond acceptors (Lipinski definition) is 3. The summed E-state index contributed by atoms with van der Waals surface area (Å²) in [5.41, 5.74) is 2.01. The second-order valence-electron chi connectivity index (χ2n) is 6.23. The summed E-state index contributed by atoms with van der Waals surface area (Å²) >= 11 is 0. The Hall–Kier alpha value is -2.25. The zero-order valence-electron chi connectivity index (χ0n) is 14.4. The predicted molar refractivity (Wildman–Crippen MR) is 91.9 cm³/mol. The lowest BCUT2D eigenvalue weighted by molar-refractivity contribution is 0.0482. The molecule has 0 aliphatic rings. The van der Waals surface area contributed by atoms with Crippen molar-refractivity contribution in [3.8, 4) is 11.8 Å². The molecule has 1 aromatic rings. The van der Waals surface area contributed by atoms with Crippen LogP contribution in [0.3, 0.4) is 0 Å². The summed E-state index contributed by atoms with van der Waals surface area (Å²) in [5, 5.41) is 12.2. The number of rotatable bonds is 3. The molecular formula is C19H25NO3. The van der Waals surface area contributed by atoms with Crippen LogP contribution >= 0.6 is 0 Å². The van der Waals surface area contributed by atoms with Gasteiger partial charge in [0.05, 0.1) is 12.6 Å². The molecule has 0 bridgehead atoms. The molecule has 1 unspecified atom stereocenters. The molecule has 1 atom stereocenters. The number of carbonyl (C=O) groups is 1. The maximum Gasteiger partial charge on any atom is 0.408 e. The topological polar surface area (TPSA) is 58.6 Å². The molecule has 1 rings (SSSR count). The van der Waals surface area contributed by atoms with E-state index in [-0.39, 0.29) is 6.61 Å². The van der Waals surface area contributed by atoms with Gasteiger partial charge in [-0.15, -0.1) is 0 Å². The Balaban J connectivity index is 2.90. The maximum atomic E-state index is 11.9. The molecule has 4 heteroatoms. The summed E-state index contributed by atoms with van der Waals surface area (Å²) in [5.74, 6) is 6.10. The van der Waals surface area contributed by atoms with Crippen LogP contribution in [0.1, 0.15) is 51.8 Å². The molecule has 0 fully saturated rings. The molecule has 0 saturated carbocycles. The van der Waals surface area contributed by atoms with Gasteiger partial charge in [-0.1, -0.05) is 30.0 Å².